The number of likely N-dealkylation sites (N-methyl/N-ethyl adjacent to an activating group) is 1. The number of carbonyl (C=O) groups excluding carboxylic acids is 3. The van der Waals surface area contributed by atoms with E-state index in [0.717, 1.165) is 10.5 Å². The molecule has 116 valence electrons. The number of fused-ring (bicyclic) bond motifs is 1. The number of halogens is 1. The van der Waals surface area contributed by atoms with Crippen molar-refractivity contribution in [3.05, 3.63) is 34.9 Å². The maximum Gasteiger partial charge on any atom is 0.261 e. The van der Waals surface area contributed by atoms with Gasteiger partial charge in [0.1, 0.15) is 6.54 Å². The van der Waals surface area contributed by atoms with Crippen LogP contribution in [0.1, 0.15) is 11.6 Å². The average molecular weight is 324 g/mol. The van der Waals surface area contributed by atoms with E-state index in [1.807, 2.05) is 0 Å². The highest BCUT2D eigenvalue weighted by atomic mass is 35.5. The maximum absolute atomic E-state index is 12.3. The molecule has 22 heavy (non-hydrogen) atoms. The minimum atomic E-state index is -0.919. The third-order valence-electron chi connectivity index (χ3n) is 3.94. The van der Waals surface area contributed by atoms with E-state index in [2.05, 4.69) is 0 Å². The van der Waals surface area contributed by atoms with Gasteiger partial charge in [-0.05, 0) is 17.7 Å². The summed E-state index contributed by atoms with van der Waals surface area (Å²) < 4.78 is 0. The number of rotatable bonds is 3. The lowest BCUT2D eigenvalue weighted by molar-refractivity contribution is -0.181. The van der Waals surface area contributed by atoms with Gasteiger partial charge >= 0.3 is 0 Å². The van der Waals surface area contributed by atoms with E-state index >= 15 is 0 Å². The van der Waals surface area contributed by atoms with E-state index in [0.29, 0.717) is 5.02 Å². The summed E-state index contributed by atoms with van der Waals surface area (Å²) in [5.74, 6) is -2.05. The molecule has 3 rings (SSSR count). The van der Waals surface area contributed by atoms with Crippen molar-refractivity contribution in [1.82, 2.24) is 9.96 Å². The first kappa shape index (κ1) is 15.0. The molecule has 0 saturated carbocycles. The molecule has 0 aliphatic carbocycles. The van der Waals surface area contributed by atoms with Crippen molar-refractivity contribution in [2.75, 3.05) is 13.6 Å². The van der Waals surface area contributed by atoms with Crippen molar-refractivity contribution in [2.45, 2.75) is 12.1 Å². The SMILES string of the molecule is CN1C(=O)C2ON(CC(N)=O)C(c3ccc(Cl)cc3)C2C1=O. The number of likely N-dealkylation sites (tertiary alicyclic amines) is 1. The number of nitrogens with two attached hydrogens (primary N) is 1. The zero-order valence-corrected chi connectivity index (χ0v) is 12.5. The van der Waals surface area contributed by atoms with E-state index in [1.165, 1.54) is 12.1 Å². The van der Waals surface area contributed by atoms with Gasteiger partial charge in [0.15, 0.2) is 6.10 Å². The summed E-state index contributed by atoms with van der Waals surface area (Å²) in [6.07, 6.45) is -0.919. The summed E-state index contributed by atoms with van der Waals surface area (Å²) in [6, 6.07) is 6.28. The number of hydrogen-bond acceptors (Lipinski definition) is 5. The maximum atomic E-state index is 12.3. The van der Waals surface area contributed by atoms with Gasteiger partial charge in [0.05, 0.1) is 12.0 Å². The Morgan fingerprint density at radius 2 is 1.91 bits per heavy atom. The predicted octanol–water partition coefficient (Wildman–Crippen LogP) is 0.0970. The summed E-state index contributed by atoms with van der Waals surface area (Å²) in [4.78, 5) is 42.2. The minimum absolute atomic E-state index is 0.204. The largest absolute Gasteiger partial charge is 0.368 e. The highest BCUT2D eigenvalue weighted by molar-refractivity contribution is 6.30. The van der Waals surface area contributed by atoms with Crippen LogP contribution in [0.15, 0.2) is 24.3 Å². The molecule has 1 aromatic carbocycles. The molecule has 3 atom stereocenters. The van der Waals surface area contributed by atoms with Crippen molar-refractivity contribution >= 4 is 29.3 Å². The predicted molar refractivity (Wildman–Crippen MR) is 76.2 cm³/mol. The standard InChI is InChI=1S/C14H14ClN3O4/c1-17-13(20)10-11(7-2-4-8(15)5-3-7)18(6-9(16)19)22-12(10)14(17)21/h2-5,10-12H,6H2,1H3,(H2,16,19). The van der Waals surface area contributed by atoms with Crippen molar-refractivity contribution in [3.63, 3.8) is 0 Å². The Bertz CT molecular complexity index is 648. The van der Waals surface area contributed by atoms with Crippen LogP contribution >= 0.6 is 11.6 Å². The topological polar surface area (TPSA) is 92.9 Å². The van der Waals surface area contributed by atoms with Gasteiger partial charge in [-0.2, -0.15) is 5.06 Å². The number of hydroxylamine groups is 2. The molecule has 2 aliphatic rings. The number of hydrogen-bond donors (Lipinski definition) is 1. The van der Waals surface area contributed by atoms with Crippen LogP contribution in [-0.4, -0.2) is 47.4 Å². The van der Waals surface area contributed by atoms with Gasteiger partial charge in [-0.25, -0.2) is 0 Å². The van der Waals surface area contributed by atoms with Crippen LogP contribution in [0.3, 0.4) is 0 Å². The Labute approximate surface area is 131 Å². The second-order valence-electron chi connectivity index (χ2n) is 5.33. The second-order valence-corrected chi connectivity index (χ2v) is 5.76. The molecular weight excluding hydrogens is 310 g/mol. The molecule has 1 aromatic rings. The zero-order chi connectivity index (χ0) is 16.0. The third-order valence-corrected chi connectivity index (χ3v) is 4.19. The van der Waals surface area contributed by atoms with E-state index in [9.17, 15) is 14.4 Å². The van der Waals surface area contributed by atoms with Crippen LogP contribution in [0, 0.1) is 5.92 Å². The quantitative estimate of drug-likeness (QED) is 0.796. The highest BCUT2D eigenvalue weighted by Crippen LogP contribution is 2.44. The average Bonchev–Trinajstić information content (AvgIpc) is 2.92. The highest BCUT2D eigenvalue weighted by Gasteiger charge is 2.58. The van der Waals surface area contributed by atoms with Crippen LogP contribution in [0.2, 0.25) is 5.02 Å². The molecule has 3 unspecified atom stereocenters. The molecule has 0 aromatic heterocycles. The summed E-state index contributed by atoms with van der Waals surface area (Å²) in [6.45, 7) is -0.204. The van der Waals surface area contributed by atoms with Crippen molar-refractivity contribution < 1.29 is 19.2 Å². The van der Waals surface area contributed by atoms with Crippen molar-refractivity contribution in [3.8, 4) is 0 Å². The molecule has 2 N–H and O–H groups in total. The van der Waals surface area contributed by atoms with Crippen molar-refractivity contribution in [2.24, 2.45) is 11.7 Å². The fraction of sp³-hybridized carbons (Fsp3) is 0.357. The molecular formula is C14H14ClN3O4. The van der Waals surface area contributed by atoms with E-state index < -0.39 is 29.9 Å². The Balaban J connectivity index is 2.00. The molecule has 0 radical (unpaired) electrons. The molecule has 8 heteroatoms. The fourth-order valence-corrected chi connectivity index (χ4v) is 3.06. The number of nitrogens with zero attached hydrogens (tertiary/aromatic N) is 2. The third kappa shape index (κ3) is 2.27. The molecule has 3 amide bonds. The van der Waals surface area contributed by atoms with Gasteiger partial charge in [0, 0.05) is 12.1 Å². The summed E-state index contributed by atoms with van der Waals surface area (Å²) >= 11 is 5.88. The fourth-order valence-electron chi connectivity index (χ4n) is 2.93. The smallest absolute Gasteiger partial charge is 0.261 e. The molecule has 2 fully saturated rings. The lowest BCUT2D eigenvalue weighted by Crippen LogP contribution is -2.38. The van der Waals surface area contributed by atoms with Crippen LogP contribution in [0.4, 0.5) is 0 Å². The Morgan fingerprint density at radius 1 is 1.27 bits per heavy atom. The van der Waals surface area contributed by atoms with Gasteiger partial charge in [0.2, 0.25) is 11.8 Å². The van der Waals surface area contributed by atoms with Gasteiger partial charge in [0.25, 0.3) is 5.91 Å². The number of benzene rings is 1. The van der Waals surface area contributed by atoms with Gasteiger partial charge in [-0.3, -0.25) is 24.1 Å². The Morgan fingerprint density at radius 3 is 2.50 bits per heavy atom. The Kier molecular flexibility index (Phi) is 3.64. The molecule has 2 heterocycles. The number of carbonyl (C=O) groups is 3. The molecule has 2 aliphatic heterocycles. The van der Waals surface area contributed by atoms with Gasteiger partial charge in [-0.15, -0.1) is 0 Å². The number of amides is 3. The van der Waals surface area contributed by atoms with E-state index in [1.54, 1.807) is 24.3 Å². The van der Waals surface area contributed by atoms with Crippen LogP contribution in [-0.2, 0) is 19.2 Å². The molecule has 7 nitrogen and oxygen atoms in total. The van der Waals surface area contributed by atoms with Crippen LogP contribution in [0.5, 0.6) is 0 Å². The Hall–Kier alpha value is -1.96. The first-order chi connectivity index (χ1) is 10.4. The lowest BCUT2D eigenvalue weighted by Gasteiger charge is -2.25. The normalized spacial score (nSPS) is 28.3. The summed E-state index contributed by atoms with van der Waals surface area (Å²) in [5.41, 5.74) is 5.95. The lowest BCUT2D eigenvalue weighted by atomic mass is 9.91. The van der Waals surface area contributed by atoms with Gasteiger partial charge in [-0.1, -0.05) is 23.7 Å². The van der Waals surface area contributed by atoms with Crippen molar-refractivity contribution in [1.29, 1.82) is 0 Å². The number of primary amides is 1. The number of imide groups is 1. The molecule has 0 bridgehead atoms. The van der Waals surface area contributed by atoms with E-state index in [-0.39, 0.29) is 12.5 Å². The summed E-state index contributed by atoms with van der Waals surface area (Å²) in [7, 11) is 1.42. The molecule has 2 saturated heterocycles. The molecule has 0 spiro atoms. The minimum Gasteiger partial charge on any atom is -0.368 e. The zero-order valence-electron chi connectivity index (χ0n) is 11.7. The van der Waals surface area contributed by atoms with Crippen LogP contribution < -0.4 is 5.73 Å². The first-order valence-corrected chi connectivity index (χ1v) is 7.06. The second kappa shape index (κ2) is 5.35. The van der Waals surface area contributed by atoms with Crippen LogP contribution in [0.25, 0.3) is 0 Å². The first-order valence-electron chi connectivity index (χ1n) is 6.68. The van der Waals surface area contributed by atoms with Gasteiger partial charge < -0.3 is 5.73 Å². The summed E-state index contributed by atoms with van der Waals surface area (Å²) in [5, 5.41) is 1.86. The monoisotopic (exact) mass is 323 g/mol. The van der Waals surface area contributed by atoms with E-state index in [4.69, 9.17) is 22.2 Å².